The van der Waals surface area contributed by atoms with Gasteiger partial charge in [-0.2, -0.15) is 0 Å². The predicted molar refractivity (Wildman–Crippen MR) is 62.6 cm³/mol. The molecule has 0 aliphatic heterocycles. The van der Waals surface area contributed by atoms with Crippen molar-refractivity contribution in [3.63, 3.8) is 0 Å². The van der Waals surface area contributed by atoms with Crippen LogP contribution in [-0.4, -0.2) is 26.7 Å². The number of aromatic nitrogens is 1. The fourth-order valence-electron chi connectivity index (χ4n) is 1.03. The summed E-state index contributed by atoms with van der Waals surface area (Å²) in [6, 6.07) is 3.48. The lowest BCUT2D eigenvalue weighted by Gasteiger charge is -2.17. The van der Waals surface area contributed by atoms with E-state index in [1.165, 1.54) is 13.2 Å². The lowest BCUT2D eigenvalue weighted by molar-refractivity contribution is 0.599. The van der Waals surface area contributed by atoms with E-state index >= 15 is 0 Å². The van der Waals surface area contributed by atoms with Crippen LogP contribution in [0.2, 0.25) is 0 Å². The summed E-state index contributed by atoms with van der Waals surface area (Å²) in [5.41, 5.74) is 6.18. The molecule has 0 bridgehead atoms. The molecule has 0 saturated carbocycles. The molecule has 0 fully saturated rings. The Morgan fingerprint density at radius 3 is 2.60 bits per heavy atom. The minimum atomic E-state index is -3.27. The van der Waals surface area contributed by atoms with Gasteiger partial charge in [0, 0.05) is 25.4 Å². The maximum Gasteiger partial charge on any atom is 0.233 e. The Kier molecular flexibility index (Phi) is 4.99. The fraction of sp³-hybridized carbons (Fsp3) is 0.375. The van der Waals surface area contributed by atoms with Crippen LogP contribution in [-0.2, 0) is 16.6 Å². The van der Waals surface area contributed by atoms with Crippen LogP contribution in [0.5, 0.6) is 0 Å². The molecule has 0 amide bonds. The number of sulfonamides is 1. The van der Waals surface area contributed by atoms with Gasteiger partial charge >= 0.3 is 0 Å². The van der Waals surface area contributed by atoms with Crippen LogP contribution in [0.4, 0.5) is 5.82 Å². The quantitative estimate of drug-likeness (QED) is 0.842. The molecule has 5 nitrogen and oxygen atoms in total. The molecule has 0 radical (unpaired) electrons. The number of nitrogens with two attached hydrogens (primary N) is 1. The summed E-state index contributed by atoms with van der Waals surface area (Å²) in [5, 5.41) is 0. The molecule has 0 aliphatic carbocycles. The lowest BCUT2D eigenvalue weighted by atomic mass is 10.2. The first kappa shape index (κ1) is 14.2. The van der Waals surface area contributed by atoms with E-state index in [1.807, 2.05) is 0 Å². The van der Waals surface area contributed by atoms with Gasteiger partial charge in [0.05, 0.1) is 6.26 Å². The molecule has 7 heteroatoms. The molecular weight excluding hydrogens is 238 g/mol. The average Bonchev–Trinajstić information content (AvgIpc) is 2.15. The van der Waals surface area contributed by atoms with Crippen LogP contribution < -0.4 is 10.0 Å². The van der Waals surface area contributed by atoms with Crippen molar-refractivity contribution in [2.75, 3.05) is 17.6 Å². The van der Waals surface area contributed by atoms with Gasteiger partial charge in [0.25, 0.3) is 0 Å². The van der Waals surface area contributed by atoms with E-state index in [-0.39, 0.29) is 19.0 Å². The minimum absolute atomic E-state index is 0. The summed E-state index contributed by atoms with van der Waals surface area (Å²) in [4.78, 5) is 3.98. The molecule has 15 heavy (non-hydrogen) atoms. The summed E-state index contributed by atoms with van der Waals surface area (Å²) in [6.45, 7) is 0.267. The highest BCUT2D eigenvalue weighted by atomic mass is 35.5. The van der Waals surface area contributed by atoms with E-state index in [2.05, 4.69) is 4.98 Å². The van der Waals surface area contributed by atoms with Gasteiger partial charge in [0.1, 0.15) is 5.82 Å². The molecule has 0 saturated heterocycles. The molecule has 1 aromatic heterocycles. The zero-order valence-electron chi connectivity index (χ0n) is 8.54. The third-order valence-corrected chi connectivity index (χ3v) is 3.05. The van der Waals surface area contributed by atoms with E-state index in [0.29, 0.717) is 11.4 Å². The number of pyridine rings is 1. The second kappa shape index (κ2) is 5.29. The number of anilines is 1. The van der Waals surface area contributed by atoms with Crippen LogP contribution in [0.25, 0.3) is 0 Å². The van der Waals surface area contributed by atoms with Crippen LogP contribution in [0.3, 0.4) is 0 Å². The van der Waals surface area contributed by atoms with Crippen LogP contribution in [0.15, 0.2) is 18.3 Å². The van der Waals surface area contributed by atoms with Gasteiger partial charge in [-0.15, -0.1) is 12.4 Å². The van der Waals surface area contributed by atoms with E-state index in [0.717, 1.165) is 10.6 Å². The third kappa shape index (κ3) is 3.33. The Bertz CT molecular complexity index is 422. The summed E-state index contributed by atoms with van der Waals surface area (Å²) in [7, 11) is -1.82. The van der Waals surface area contributed by atoms with Crippen molar-refractivity contribution in [1.82, 2.24) is 4.98 Å². The summed E-state index contributed by atoms with van der Waals surface area (Å²) in [5.74, 6) is 0.387. The second-order valence-corrected chi connectivity index (χ2v) is 4.93. The second-order valence-electron chi connectivity index (χ2n) is 2.92. The summed E-state index contributed by atoms with van der Waals surface area (Å²) >= 11 is 0. The zero-order valence-corrected chi connectivity index (χ0v) is 10.2. The Morgan fingerprint density at radius 1 is 1.53 bits per heavy atom. The summed E-state index contributed by atoms with van der Waals surface area (Å²) < 4.78 is 23.6. The van der Waals surface area contributed by atoms with Gasteiger partial charge in [-0.25, -0.2) is 13.4 Å². The SMILES string of the molecule is CN(c1ncccc1CN)S(C)(=O)=O.Cl. The molecule has 0 spiro atoms. The topological polar surface area (TPSA) is 76.3 Å². The molecule has 0 aliphatic rings. The largest absolute Gasteiger partial charge is 0.326 e. The maximum atomic E-state index is 11.2. The monoisotopic (exact) mass is 251 g/mol. The standard InChI is InChI=1S/C8H13N3O2S.ClH/c1-11(14(2,12)13)8-7(6-9)4-3-5-10-8;/h3-5H,6,9H2,1-2H3;1H. The Morgan fingerprint density at radius 2 is 2.13 bits per heavy atom. The van der Waals surface area contributed by atoms with Crippen molar-refractivity contribution in [2.24, 2.45) is 5.73 Å². The molecule has 1 rings (SSSR count). The molecule has 1 heterocycles. The Hall–Kier alpha value is -0.850. The molecule has 0 unspecified atom stereocenters. The van der Waals surface area contributed by atoms with E-state index in [4.69, 9.17) is 5.73 Å². The number of halogens is 1. The predicted octanol–water partition coefficient (Wildman–Crippen LogP) is 0.358. The minimum Gasteiger partial charge on any atom is -0.326 e. The molecule has 0 aromatic carbocycles. The van der Waals surface area contributed by atoms with Crippen molar-refractivity contribution >= 4 is 28.2 Å². The molecule has 86 valence electrons. The van der Waals surface area contributed by atoms with Crippen molar-refractivity contribution < 1.29 is 8.42 Å². The van der Waals surface area contributed by atoms with Gasteiger partial charge in [0.15, 0.2) is 0 Å². The highest BCUT2D eigenvalue weighted by molar-refractivity contribution is 7.92. The van der Waals surface area contributed by atoms with Gasteiger partial charge < -0.3 is 5.73 Å². The van der Waals surface area contributed by atoms with Crippen molar-refractivity contribution in [1.29, 1.82) is 0 Å². The molecule has 2 N–H and O–H groups in total. The number of hydrogen-bond donors (Lipinski definition) is 1. The van der Waals surface area contributed by atoms with Crippen molar-refractivity contribution in [3.8, 4) is 0 Å². The fourth-order valence-corrected chi connectivity index (χ4v) is 1.51. The maximum absolute atomic E-state index is 11.2. The van der Waals surface area contributed by atoms with E-state index in [1.54, 1.807) is 12.1 Å². The lowest BCUT2D eigenvalue weighted by Crippen LogP contribution is -2.27. The number of nitrogens with zero attached hydrogens (tertiary/aromatic N) is 2. The Balaban J connectivity index is 0.00000196. The van der Waals surface area contributed by atoms with Gasteiger partial charge in [-0.1, -0.05) is 6.07 Å². The highest BCUT2D eigenvalue weighted by Gasteiger charge is 2.15. The molecule has 1 aromatic rings. The van der Waals surface area contributed by atoms with Gasteiger partial charge in [0.2, 0.25) is 10.0 Å². The Labute approximate surface area is 95.8 Å². The molecular formula is C8H14ClN3O2S. The molecule has 0 atom stereocenters. The first-order chi connectivity index (χ1) is 6.46. The van der Waals surface area contributed by atoms with Crippen LogP contribution in [0, 0.1) is 0 Å². The number of hydrogen-bond acceptors (Lipinski definition) is 4. The van der Waals surface area contributed by atoms with Crippen molar-refractivity contribution in [2.45, 2.75) is 6.54 Å². The number of rotatable bonds is 3. The smallest absolute Gasteiger partial charge is 0.233 e. The van der Waals surface area contributed by atoms with Gasteiger partial charge in [-0.05, 0) is 6.07 Å². The van der Waals surface area contributed by atoms with Crippen LogP contribution in [0.1, 0.15) is 5.56 Å². The van der Waals surface area contributed by atoms with E-state index in [9.17, 15) is 8.42 Å². The normalized spacial score (nSPS) is 10.6. The van der Waals surface area contributed by atoms with Gasteiger partial charge in [-0.3, -0.25) is 4.31 Å². The van der Waals surface area contributed by atoms with Crippen molar-refractivity contribution in [3.05, 3.63) is 23.9 Å². The summed E-state index contributed by atoms with van der Waals surface area (Å²) in [6.07, 6.45) is 2.66. The first-order valence-electron chi connectivity index (χ1n) is 4.04. The third-order valence-electron chi connectivity index (χ3n) is 1.88. The average molecular weight is 252 g/mol. The van der Waals surface area contributed by atoms with Crippen LogP contribution >= 0.6 is 12.4 Å². The van der Waals surface area contributed by atoms with E-state index < -0.39 is 10.0 Å². The highest BCUT2D eigenvalue weighted by Crippen LogP contribution is 2.16. The zero-order chi connectivity index (χ0) is 10.8. The first-order valence-corrected chi connectivity index (χ1v) is 5.89.